The molecule has 1 aromatic heterocycles. The van der Waals surface area contributed by atoms with Gasteiger partial charge in [0.15, 0.2) is 6.61 Å². The lowest BCUT2D eigenvalue weighted by atomic mass is 10.1. The number of rotatable bonds is 8. The van der Waals surface area contributed by atoms with Crippen molar-refractivity contribution in [1.29, 1.82) is 0 Å². The molecule has 2 aliphatic rings. The first kappa shape index (κ1) is 21.8. The maximum absolute atomic E-state index is 12.7. The first-order valence-corrected chi connectivity index (χ1v) is 12.3. The van der Waals surface area contributed by atoms with Crippen molar-refractivity contribution in [1.82, 2.24) is 15.1 Å². The number of ether oxygens (including phenoxy) is 2. The van der Waals surface area contributed by atoms with Crippen LogP contribution in [0.3, 0.4) is 0 Å². The summed E-state index contributed by atoms with van der Waals surface area (Å²) in [5, 5.41) is 12.6. The third kappa shape index (κ3) is 5.15. The van der Waals surface area contributed by atoms with E-state index in [1.54, 1.807) is 16.4 Å². The SMILES string of the molecule is O=C(Cn1nc2c(c1NC(=O)COc1ccc3ccccc3c1)CSC2)NCC1CCCO1. The van der Waals surface area contributed by atoms with Crippen molar-refractivity contribution < 1.29 is 19.1 Å². The molecule has 2 aromatic carbocycles. The van der Waals surface area contributed by atoms with Gasteiger partial charge in [0.05, 0.1) is 11.8 Å². The van der Waals surface area contributed by atoms with E-state index < -0.39 is 0 Å². The monoisotopic (exact) mass is 466 g/mol. The number of fused-ring (bicyclic) bond motifs is 2. The molecule has 0 aliphatic carbocycles. The van der Waals surface area contributed by atoms with Gasteiger partial charge in [0, 0.05) is 30.2 Å². The topological polar surface area (TPSA) is 94.5 Å². The smallest absolute Gasteiger partial charge is 0.263 e. The van der Waals surface area contributed by atoms with Crippen LogP contribution >= 0.6 is 11.8 Å². The van der Waals surface area contributed by atoms with Crippen LogP contribution in [0.25, 0.3) is 10.8 Å². The predicted octanol–water partition coefficient (Wildman–Crippen LogP) is 3.10. The Bertz CT molecular complexity index is 1170. The number of nitrogens with one attached hydrogen (secondary N) is 2. The standard InChI is InChI=1S/C24H26N4O4S/c29-22(25-11-19-6-3-9-31-19)12-28-24(20-14-33-15-21(20)27-28)26-23(30)13-32-18-8-7-16-4-1-2-5-17(16)10-18/h1-2,4-5,7-8,10,19H,3,6,9,11-15H2,(H,25,29)(H,26,30). The summed E-state index contributed by atoms with van der Waals surface area (Å²) in [7, 11) is 0. The molecule has 2 N–H and O–H groups in total. The Morgan fingerprint density at radius 3 is 2.88 bits per heavy atom. The Morgan fingerprint density at radius 2 is 2.03 bits per heavy atom. The fourth-order valence-electron chi connectivity index (χ4n) is 4.12. The van der Waals surface area contributed by atoms with E-state index in [4.69, 9.17) is 9.47 Å². The number of hydrogen-bond acceptors (Lipinski definition) is 6. The van der Waals surface area contributed by atoms with E-state index >= 15 is 0 Å². The van der Waals surface area contributed by atoms with Crippen molar-refractivity contribution in [3.8, 4) is 5.75 Å². The molecule has 9 heteroatoms. The van der Waals surface area contributed by atoms with Crippen molar-refractivity contribution in [2.24, 2.45) is 0 Å². The molecule has 5 rings (SSSR count). The van der Waals surface area contributed by atoms with E-state index in [-0.39, 0.29) is 31.1 Å². The van der Waals surface area contributed by atoms with Gasteiger partial charge in [-0.25, -0.2) is 4.68 Å². The summed E-state index contributed by atoms with van der Waals surface area (Å²) in [5.41, 5.74) is 1.89. The van der Waals surface area contributed by atoms with Gasteiger partial charge in [-0.2, -0.15) is 16.9 Å². The minimum Gasteiger partial charge on any atom is -0.484 e. The largest absolute Gasteiger partial charge is 0.484 e. The van der Waals surface area contributed by atoms with E-state index in [1.807, 2.05) is 42.5 Å². The number of aromatic nitrogens is 2. The van der Waals surface area contributed by atoms with Crippen LogP contribution in [0.2, 0.25) is 0 Å². The molecule has 2 aliphatic heterocycles. The van der Waals surface area contributed by atoms with Crippen LogP contribution < -0.4 is 15.4 Å². The quantitative estimate of drug-likeness (QED) is 0.530. The molecule has 1 atom stereocenters. The van der Waals surface area contributed by atoms with E-state index in [9.17, 15) is 9.59 Å². The summed E-state index contributed by atoms with van der Waals surface area (Å²) in [5.74, 6) is 2.30. The van der Waals surface area contributed by atoms with Crippen LogP contribution in [0.1, 0.15) is 24.1 Å². The maximum Gasteiger partial charge on any atom is 0.263 e. The fraction of sp³-hybridized carbons (Fsp3) is 0.375. The number of amides is 2. The predicted molar refractivity (Wildman–Crippen MR) is 127 cm³/mol. The van der Waals surface area contributed by atoms with Gasteiger partial charge >= 0.3 is 0 Å². The van der Waals surface area contributed by atoms with Crippen LogP contribution in [-0.2, 0) is 32.4 Å². The molecule has 1 fully saturated rings. The molecule has 0 spiro atoms. The summed E-state index contributed by atoms with van der Waals surface area (Å²) >= 11 is 1.74. The van der Waals surface area contributed by atoms with Crippen LogP contribution in [0.4, 0.5) is 5.82 Å². The van der Waals surface area contributed by atoms with Crippen molar-refractivity contribution >= 4 is 40.2 Å². The van der Waals surface area contributed by atoms with Gasteiger partial charge in [-0.3, -0.25) is 9.59 Å². The minimum absolute atomic E-state index is 0.0472. The van der Waals surface area contributed by atoms with E-state index in [1.165, 1.54) is 0 Å². The average molecular weight is 467 g/mol. The van der Waals surface area contributed by atoms with Crippen LogP contribution in [0, 0.1) is 0 Å². The molecular formula is C24H26N4O4S. The maximum atomic E-state index is 12.7. The molecule has 0 saturated carbocycles. The minimum atomic E-state index is -0.288. The molecule has 1 saturated heterocycles. The summed E-state index contributed by atoms with van der Waals surface area (Å²) in [6, 6.07) is 13.7. The van der Waals surface area contributed by atoms with Crippen LogP contribution in [-0.4, -0.2) is 47.5 Å². The number of benzene rings is 2. The van der Waals surface area contributed by atoms with Crippen LogP contribution in [0.5, 0.6) is 5.75 Å². The molecule has 1 unspecified atom stereocenters. The van der Waals surface area contributed by atoms with Gasteiger partial charge in [-0.1, -0.05) is 30.3 Å². The second-order valence-electron chi connectivity index (χ2n) is 8.21. The molecule has 3 heterocycles. The highest BCUT2D eigenvalue weighted by atomic mass is 32.2. The van der Waals surface area contributed by atoms with Crippen molar-refractivity contribution in [3.05, 3.63) is 53.7 Å². The van der Waals surface area contributed by atoms with Crippen molar-refractivity contribution in [3.63, 3.8) is 0 Å². The lowest BCUT2D eigenvalue weighted by Gasteiger charge is -2.13. The number of nitrogens with zero attached hydrogens (tertiary/aromatic N) is 2. The van der Waals surface area contributed by atoms with Gasteiger partial charge in [0.1, 0.15) is 18.1 Å². The molecule has 172 valence electrons. The second-order valence-corrected chi connectivity index (χ2v) is 9.19. The number of carbonyl (C=O) groups excluding carboxylic acids is 2. The number of thioether (sulfide) groups is 1. The van der Waals surface area contributed by atoms with Crippen molar-refractivity contribution in [2.45, 2.75) is 37.0 Å². The molecule has 0 radical (unpaired) electrons. The summed E-state index contributed by atoms with van der Waals surface area (Å²) < 4.78 is 12.9. The van der Waals surface area contributed by atoms with E-state index in [2.05, 4.69) is 15.7 Å². The first-order valence-electron chi connectivity index (χ1n) is 11.1. The highest BCUT2D eigenvalue weighted by Crippen LogP contribution is 2.34. The van der Waals surface area contributed by atoms with Crippen LogP contribution in [0.15, 0.2) is 42.5 Å². The Kier molecular flexibility index (Phi) is 6.50. The van der Waals surface area contributed by atoms with Gasteiger partial charge < -0.3 is 20.1 Å². The van der Waals surface area contributed by atoms with Gasteiger partial charge in [-0.05, 0) is 35.7 Å². The summed E-state index contributed by atoms with van der Waals surface area (Å²) in [6.45, 7) is 1.17. The number of anilines is 1. The molecular weight excluding hydrogens is 440 g/mol. The highest BCUT2D eigenvalue weighted by Gasteiger charge is 2.25. The van der Waals surface area contributed by atoms with Gasteiger partial charge in [0.25, 0.3) is 5.91 Å². The third-order valence-electron chi connectivity index (χ3n) is 5.81. The van der Waals surface area contributed by atoms with Gasteiger partial charge in [0.2, 0.25) is 5.91 Å². The van der Waals surface area contributed by atoms with E-state index in [0.29, 0.717) is 18.1 Å². The molecule has 0 bridgehead atoms. The zero-order chi connectivity index (χ0) is 22.6. The summed E-state index contributed by atoms with van der Waals surface area (Å²) in [6.07, 6.45) is 2.08. The first-order chi connectivity index (χ1) is 16.2. The number of carbonyl (C=O) groups is 2. The van der Waals surface area contributed by atoms with Crippen molar-refractivity contribution in [2.75, 3.05) is 25.1 Å². The third-order valence-corrected chi connectivity index (χ3v) is 6.78. The van der Waals surface area contributed by atoms with E-state index in [0.717, 1.165) is 53.0 Å². The molecule has 8 nitrogen and oxygen atoms in total. The lowest BCUT2D eigenvalue weighted by Crippen LogP contribution is -2.35. The lowest BCUT2D eigenvalue weighted by molar-refractivity contribution is -0.122. The highest BCUT2D eigenvalue weighted by molar-refractivity contribution is 7.98. The Labute approximate surface area is 196 Å². The Balaban J connectivity index is 1.21. The van der Waals surface area contributed by atoms with Gasteiger partial charge in [-0.15, -0.1) is 0 Å². The fourth-order valence-corrected chi connectivity index (χ4v) is 5.15. The Morgan fingerprint density at radius 1 is 1.15 bits per heavy atom. The summed E-state index contributed by atoms with van der Waals surface area (Å²) in [4.78, 5) is 25.2. The number of hydrogen-bond donors (Lipinski definition) is 2. The molecule has 33 heavy (non-hydrogen) atoms. The molecule has 2 amide bonds. The normalized spacial score (nSPS) is 17.2. The Hall–Kier alpha value is -3.04. The molecule has 3 aromatic rings. The second kappa shape index (κ2) is 9.84. The average Bonchev–Trinajstić information content (AvgIpc) is 3.56. The zero-order valence-corrected chi connectivity index (χ0v) is 19.0. The zero-order valence-electron chi connectivity index (χ0n) is 18.2.